The second kappa shape index (κ2) is 12.3. The van der Waals surface area contributed by atoms with Crippen molar-refractivity contribution in [1.29, 1.82) is 0 Å². The molecule has 1 saturated carbocycles. The monoisotopic (exact) mass is 522 g/mol. The van der Waals surface area contributed by atoms with Crippen LogP contribution in [0.2, 0.25) is 0 Å². The second-order valence-corrected chi connectivity index (χ2v) is 12.1. The van der Waals surface area contributed by atoms with Gasteiger partial charge in [-0.05, 0) is 37.3 Å². The molecule has 3 fully saturated rings. The van der Waals surface area contributed by atoms with Crippen LogP contribution in [0.15, 0.2) is 18.2 Å². The maximum Gasteiger partial charge on any atom is 0.222 e. The topological polar surface area (TPSA) is 162 Å². The average Bonchev–Trinajstić information content (AvgIpc) is 3.28. The Morgan fingerprint density at radius 3 is 2.13 bits per heavy atom. The van der Waals surface area contributed by atoms with Crippen LogP contribution in [0, 0.1) is 11.3 Å². The highest BCUT2D eigenvalue weighted by atomic mass is 15.3. The van der Waals surface area contributed by atoms with Gasteiger partial charge >= 0.3 is 0 Å². The zero-order valence-electron chi connectivity index (χ0n) is 23.3. The SMILES string of the molecule is CC(C)(C)C=Cc1cc(N2CC[C@@H](N)C2)nc(N)n1.NCC1CN(c2cc(C3CCCCC3)nc(N)n2)C1. The van der Waals surface area contributed by atoms with Gasteiger partial charge in [-0.3, -0.25) is 0 Å². The van der Waals surface area contributed by atoms with Crippen molar-refractivity contribution in [2.75, 3.05) is 54.0 Å². The summed E-state index contributed by atoms with van der Waals surface area (Å²) in [4.78, 5) is 21.8. The summed E-state index contributed by atoms with van der Waals surface area (Å²) in [5.41, 5.74) is 25.4. The third-order valence-electron chi connectivity index (χ3n) is 7.44. The van der Waals surface area contributed by atoms with Crippen LogP contribution in [0.4, 0.5) is 23.5 Å². The van der Waals surface area contributed by atoms with Crippen LogP contribution in [0.25, 0.3) is 6.08 Å². The van der Waals surface area contributed by atoms with Gasteiger partial charge in [-0.1, -0.05) is 46.1 Å². The number of hydrogen-bond donors (Lipinski definition) is 4. The van der Waals surface area contributed by atoms with E-state index in [-0.39, 0.29) is 11.5 Å². The Morgan fingerprint density at radius 2 is 1.53 bits per heavy atom. The minimum atomic E-state index is 0.121. The summed E-state index contributed by atoms with van der Waals surface area (Å²) in [6.45, 7) is 11.0. The molecule has 0 radical (unpaired) electrons. The first-order valence-electron chi connectivity index (χ1n) is 14.0. The normalized spacial score (nSPS) is 20.9. The molecule has 5 rings (SSSR count). The van der Waals surface area contributed by atoms with Crippen LogP contribution < -0.4 is 32.7 Å². The molecule has 1 atom stereocenters. The lowest BCUT2D eigenvalue weighted by Crippen LogP contribution is -2.50. The smallest absolute Gasteiger partial charge is 0.222 e. The summed E-state index contributed by atoms with van der Waals surface area (Å²) in [7, 11) is 0. The number of hydrogen-bond acceptors (Lipinski definition) is 10. The van der Waals surface area contributed by atoms with Gasteiger partial charge in [0.2, 0.25) is 11.9 Å². The average molecular weight is 523 g/mol. The Morgan fingerprint density at radius 1 is 0.868 bits per heavy atom. The summed E-state index contributed by atoms with van der Waals surface area (Å²) in [5, 5.41) is 0. The van der Waals surface area contributed by atoms with Crippen molar-refractivity contribution in [1.82, 2.24) is 19.9 Å². The van der Waals surface area contributed by atoms with Gasteiger partial charge in [-0.15, -0.1) is 0 Å². The number of nitrogen functional groups attached to an aromatic ring is 2. The van der Waals surface area contributed by atoms with Gasteiger partial charge in [-0.2, -0.15) is 9.97 Å². The van der Waals surface area contributed by atoms with E-state index >= 15 is 0 Å². The summed E-state index contributed by atoms with van der Waals surface area (Å²) in [6, 6.07) is 4.33. The van der Waals surface area contributed by atoms with Crippen LogP contribution in [0.3, 0.4) is 0 Å². The molecular formula is C28H46N10. The number of aromatic nitrogens is 4. The number of anilines is 4. The highest BCUT2D eigenvalue weighted by Gasteiger charge is 2.28. The second-order valence-electron chi connectivity index (χ2n) is 12.1. The van der Waals surface area contributed by atoms with E-state index in [1.807, 2.05) is 12.1 Å². The van der Waals surface area contributed by atoms with Gasteiger partial charge < -0.3 is 32.7 Å². The maximum absolute atomic E-state index is 5.92. The quantitative estimate of drug-likeness (QED) is 0.459. The molecule has 10 heteroatoms. The summed E-state index contributed by atoms with van der Waals surface area (Å²) >= 11 is 0. The van der Waals surface area contributed by atoms with Crippen molar-refractivity contribution < 1.29 is 0 Å². The number of rotatable bonds is 5. The van der Waals surface area contributed by atoms with Gasteiger partial charge in [0.15, 0.2) is 0 Å². The Hall–Kier alpha value is -2.98. The first kappa shape index (κ1) is 28.0. The Kier molecular flexibility index (Phi) is 9.04. The van der Waals surface area contributed by atoms with Crippen molar-refractivity contribution >= 4 is 29.6 Å². The molecule has 4 heterocycles. The van der Waals surface area contributed by atoms with Gasteiger partial charge in [0, 0.05) is 56.2 Å². The lowest BCUT2D eigenvalue weighted by atomic mass is 9.86. The lowest BCUT2D eigenvalue weighted by molar-refractivity contribution is 0.414. The summed E-state index contributed by atoms with van der Waals surface area (Å²) < 4.78 is 0. The third kappa shape index (κ3) is 7.77. The molecule has 2 aromatic rings. The molecule has 208 valence electrons. The Balaban J connectivity index is 0.000000177. The van der Waals surface area contributed by atoms with Crippen molar-refractivity contribution in [2.24, 2.45) is 22.8 Å². The van der Waals surface area contributed by atoms with E-state index in [9.17, 15) is 0 Å². The fourth-order valence-corrected chi connectivity index (χ4v) is 5.20. The number of allylic oxidation sites excluding steroid dienone is 1. The fraction of sp³-hybridized carbons (Fsp3) is 0.643. The molecule has 3 aliphatic rings. The van der Waals surface area contributed by atoms with E-state index < -0.39 is 0 Å². The predicted octanol–water partition coefficient (Wildman–Crippen LogP) is 3.16. The minimum Gasteiger partial charge on any atom is -0.368 e. The summed E-state index contributed by atoms with van der Waals surface area (Å²) in [5.74, 6) is 3.76. The van der Waals surface area contributed by atoms with Crippen LogP contribution >= 0.6 is 0 Å². The van der Waals surface area contributed by atoms with Gasteiger partial charge in [0.25, 0.3) is 0 Å². The zero-order chi connectivity index (χ0) is 27.3. The molecule has 0 spiro atoms. The molecule has 0 aromatic carbocycles. The molecule has 38 heavy (non-hydrogen) atoms. The zero-order valence-corrected chi connectivity index (χ0v) is 23.3. The minimum absolute atomic E-state index is 0.121. The number of nitrogens with zero attached hydrogens (tertiary/aromatic N) is 6. The van der Waals surface area contributed by atoms with Gasteiger partial charge in [-0.25, -0.2) is 9.97 Å². The van der Waals surface area contributed by atoms with Crippen LogP contribution in [0.5, 0.6) is 0 Å². The van der Waals surface area contributed by atoms with Crippen molar-refractivity contribution in [3.63, 3.8) is 0 Å². The molecule has 2 aliphatic heterocycles. The van der Waals surface area contributed by atoms with E-state index in [2.05, 4.69) is 62.6 Å². The van der Waals surface area contributed by atoms with E-state index in [4.69, 9.17) is 22.9 Å². The van der Waals surface area contributed by atoms with E-state index in [1.165, 1.54) is 32.1 Å². The standard InChI is InChI=1S/2C14H23N5/c15-7-10-8-19(9-10)13-6-12(17-14(16)18-13)11-4-2-1-3-5-11;1-14(2,3)6-4-11-8-12(18-13(16)17-11)19-7-5-10(15)9-19/h6,10-11H,1-5,7-9,15H2,(H2,16,17,18);4,6,8,10H,5,7,9,15H2,1-3H3,(H2,16,17,18)/t;10-/m.1/s1. The first-order chi connectivity index (χ1) is 18.1. The highest BCUT2D eigenvalue weighted by molar-refractivity contribution is 5.55. The maximum atomic E-state index is 5.92. The molecule has 1 aliphatic carbocycles. The molecule has 2 aromatic heterocycles. The van der Waals surface area contributed by atoms with Crippen molar-refractivity contribution in [3.05, 3.63) is 29.6 Å². The molecule has 0 unspecified atom stereocenters. The fourth-order valence-electron chi connectivity index (χ4n) is 5.20. The predicted molar refractivity (Wildman–Crippen MR) is 157 cm³/mol. The Bertz CT molecular complexity index is 1080. The van der Waals surface area contributed by atoms with Crippen LogP contribution in [0.1, 0.15) is 76.6 Å². The first-order valence-corrected chi connectivity index (χ1v) is 14.0. The Labute approximate surface area is 227 Å². The van der Waals surface area contributed by atoms with E-state index in [0.717, 1.165) is 62.2 Å². The van der Waals surface area contributed by atoms with Gasteiger partial charge in [0.05, 0.1) is 11.4 Å². The lowest BCUT2D eigenvalue weighted by Gasteiger charge is -2.39. The van der Waals surface area contributed by atoms with E-state index in [0.29, 0.717) is 23.7 Å². The number of nitrogens with two attached hydrogens (primary N) is 4. The summed E-state index contributed by atoms with van der Waals surface area (Å²) in [6.07, 6.45) is 11.6. The molecule has 10 nitrogen and oxygen atoms in total. The highest BCUT2D eigenvalue weighted by Crippen LogP contribution is 2.34. The molecular weight excluding hydrogens is 476 g/mol. The molecule has 2 saturated heterocycles. The van der Waals surface area contributed by atoms with Gasteiger partial charge in [0.1, 0.15) is 11.6 Å². The molecule has 8 N–H and O–H groups in total. The van der Waals surface area contributed by atoms with Crippen LogP contribution in [-0.2, 0) is 0 Å². The molecule has 0 bridgehead atoms. The third-order valence-corrected chi connectivity index (χ3v) is 7.44. The van der Waals surface area contributed by atoms with E-state index in [1.54, 1.807) is 0 Å². The largest absolute Gasteiger partial charge is 0.368 e. The van der Waals surface area contributed by atoms with Crippen LogP contribution in [-0.4, -0.2) is 58.7 Å². The van der Waals surface area contributed by atoms with Crippen molar-refractivity contribution in [3.8, 4) is 0 Å². The molecule has 0 amide bonds. The van der Waals surface area contributed by atoms with Crippen molar-refractivity contribution in [2.45, 2.75) is 71.3 Å².